The van der Waals surface area contributed by atoms with Gasteiger partial charge in [-0.15, -0.1) is 0 Å². The van der Waals surface area contributed by atoms with Crippen molar-refractivity contribution in [2.75, 3.05) is 0 Å². The number of hydrogen-bond acceptors (Lipinski definition) is 16. The van der Waals surface area contributed by atoms with Gasteiger partial charge >= 0.3 is 190 Å². The van der Waals surface area contributed by atoms with Gasteiger partial charge < -0.3 is 65.3 Å². The van der Waals surface area contributed by atoms with E-state index in [1.165, 1.54) is 0 Å². The van der Waals surface area contributed by atoms with Gasteiger partial charge in [-0.1, -0.05) is 0 Å². The van der Waals surface area contributed by atoms with E-state index < -0.39 is 145 Å². The van der Waals surface area contributed by atoms with Gasteiger partial charge in [-0.3, -0.25) is 38.4 Å². The van der Waals surface area contributed by atoms with Crippen LogP contribution in [-0.4, -0.2) is 263 Å². The van der Waals surface area contributed by atoms with Crippen LogP contribution in [0, 0.1) is 0 Å². The molecule has 0 amide bonds. The van der Waals surface area contributed by atoms with Crippen LogP contribution in [0.15, 0.2) is 0 Å². The summed E-state index contributed by atoms with van der Waals surface area (Å²) in [5.41, 5.74) is -14.4. The molecule has 29 heteroatoms. The molecule has 0 saturated carbocycles. The number of carboxylic acid groups (broad SMARTS) is 9. The Labute approximate surface area is 382 Å². The van der Waals surface area contributed by atoms with Crippen molar-refractivity contribution in [3.8, 4) is 0 Å². The Balaban J connectivity index is -0.00000192. The van der Waals surface area contributed by atoms with Crippen molar-refractivity contribution in [1.82, 2.24) is 0 Å². The fraction of sp³-hybridized carbons (Fsp3) is 0.500. The predicted octanol–water partition coefficient (Wildman–Crippen LogP) is -6.15. The van der Waals surface area contributed by atoms with Gasteiger partial charge in [0, 0.05) is 0 Å². The van der Waals surface area contributed by atoms with Gasteiger partial charge in [0.25, 0.3) is 0 Å². The van der Waals surface area contributed by atoms with Crippen molar-refractivity contribution in [2.45, 2.75) is 73.8 Å². The molecule has 0 radical (unpaired) electrons. The van der Waals surface area contributed by atoms with Crippen LogP contribution in [0.5, 0.6) is 0 Å². The summed E-state index contributed by atoms with van der Waals surface area (Å²) in [5.74, 6) is -27.1. The minimum atomic E-state index is -3.75. The molecule has 10 N–H and O–H groups in total. The Hall–Kier alpha value is -2.40. The first-order valence-electron chi connectivity index (χ1n) is 12.6. The predicted molar refractivity (Wildman–Crippen MR) is 166 cm³/mol. The standard InChI is InChI=1S/C24H26O25.4Na.4H/c25-9(26)1-21(46,17(38)39)6-14(35)47-23(19(42)43,4-12(31)32)8-16(37)49-24(20(44)45,5-13(33)34)7-15(36)48-22(18(40)41,2-10(27)28)3-11(29)30;;;;;;;;/h46H,1-8H2,(H,25,26)(H,27,28)(H,29,30)(H,31,32)(H,33,34)(H,38,39)(H,40,41)(H,42,43)(H,44,45);;;;;;;;. The van der Waals surface area contributed by atoms with Gasteiger partial charge in [0.15, 0.2) is 5.60 Å². The monoisotopic (exact) mass is 810 g/mol. The molecule has 0 saturated heterocycles. The van der Waals surface area contributed by atoms with Gasteiger partial charge in [0.1, 0.15) is 0 Å². The van der Waals surface area contributed by atoms with Crippen molar-refractivity contribution in [1.29, 1.82) is 0 Å². The zero-order valence-electron chi connectivity index (χ0n) is 24.3. The normalized spacial score (nSPS) is 13.5. The number of carboxylic acids is 9. The number of esters is 3. The van der Waals surface area contributed by atoms with E-state index in [2.05, 4.69) is 14.2 Å². The fourth-order valence-corrected chi connectivity index (χ4v) is 3.90. The van der Waals surface area contributed by atoms with E-state index in [1.807, 2.05) is 0 Å². The molecule has 0 aromatic heterocycles. The number of aliphatic carboxylic acids is 9. The van der Waals surface area contributed by atoms with Gasteiger partial charge in [-0.25, -0.2) is 19.2 Å². The second-order valence-corrected chi connectivity index (χ2v) is 10.0. The van der Waals surface area contributed by atoms with E-state index in [-0.39, 0.29) is 118 Å². The molecule has 0 aliphatic carbocycles. The zero-order chi connectivity index (χ0) is 38.7. The van der Waals surface area contributed by atoms with Crippen molar-refractivity contribution < 1.29 is 123 Å². The van der Waals surface area contributed by atoms with Crippen molar-refractivity contribution in [2.24, 2.45) is 0 Å². The number of hydrogen-bond donors (Lipinski definition) is 10. The quantitative estimate of drug-likeness (QED) is 0.0261. The first kappa shape index (κ1) is 59.9. The van der Waals surface area contributed by atoms with Gasteiger partial charge in [-0.05, 0) is 0 Å². The van der Waals surface area contributed by atoms with Crippen LogP contribution in [0.1, 0.15) is 51.4 Å². The number of ether oxygens (including phenoxy) is 3. The summed E-state index contributed by atoms with van der Waals surface area (Å²) in [6.07, 6.45) is -15.2. The molecule has 0 aliphatic heterocycles. The average Bonchev–Trinajstić information content (AvgIpc) is 2.85. The number of aliphatic hydroxyl groups is 1. The molecule has 0 heterocycles. The summed E-state index contributed by atoms with van der Waals surface area (Å²) < 4.78 is 13.4. The molecule has 0 fully saturated rings. The maximum atomic E-state index is 12.9. The fourth-order valence-electron chi connectivity index (χ4n) is 3.90. The summed E-state index contributed by atoms with van der Waals surface area (Å²) in [5, 5.41) is 93.2. The average molecular weight is 810 g/mol. The van der Waals surface area contributed by atoms with Crippen LogP contribution in [0.3, 0.4) is 0 Å². The van der Waals surface area contributed by atoms with Gasteiger partial charge in [-0.2, -0.15) is 0 Å². The number of carbonyl (C=O) groups is 12. The minimum absolute atomic E-state index is 0. The Bertz CT molecular complexity index is 1450. The second-order valence-electron chi connectivity index (χ2n) is 10.0. The van der Waals surface area contributed by atoms with Crippen LogP contribution >= 0.6 is 0 Å². The topological polar surface area (TPSA) is 435 Å². The summed E-state index contributed by atoms with van der Waals surface area (Å²) in [4.78, 5) is 142. The number of carbonyl (C=O) groups excluding carboxylic acids is 3. The van der Waals surface area contributed by atoms with Gasteiger partial charge in [0.2, 0.25) is 16.8 Å². The van der Waals surface area contributed by atoms with Gasteiger partial charge in [0.05, 0.1) is 51.4 Å². The molecule has 0 spiro atoms. The second kappa shape index (κ2) is 24.9. The van der Waals surface area contributed by atoms with E-state index in [0.29, 0.717) is 0 Å². The molecular weight excluding hydrogens is 780 g/mol. The Kier molecular flexibility index (Phi) is 28.1. The van der Waals surface area contributed by atoms with E-state index >= 15 is 0 Å². The van der Waals surface area contributed by atoms with Crippen molar-refractivity contribution in [3.05, 3.63) is 0 Å². The number of rotatable bonds is 23. The van der Waals surface area contributed by atoms with Crippen molar-refractivity contribution >= 4 is 190 Å². The SMILES string of the molecule is O=C(O)CC(O)(CC(=O)OC(CC(=O)O)(CC(=O)OC(CC(=O)O)(CC(=O)OC(CC(=O)O)(CC(=O)O)C(=O)O)C(=O)O)C(=O)O)C(=O)O.[NaH].[NaH].[NaH].[NaH]. The molecule has 3 unspecified atom stereocenters. The zero-order valence-corrected chi connectivity index (χ0v) is 24.3. The summed E-state index contributed by atoms with van der Waals surface area (Å²) >= 11 is 0. The van der Waals surface area contributed by atoms with Crippen LogP contribution in [0.2, 0.25) is 0 Å². The van der Waals surface area contributed by atoms with Crippen LogP contribution in [0.4, 0.5) is 0 Å². The Morgan fingerprint density at radius 1 is 0.321 bits per heavy atom. The molecule has 0 aliphatic rings. The maximum absolute atomic E-state index is 12.9. The van der Waals surface area contributed by atoms with Crippen LogP contribution in [0.25, 0.3) is 0 Å². The first-order valence-corrected chi connectivity index (χ1v) is 12.6. The van der Waals surface area contributed by atoms with E-state index in [1.54, 1.807) is 0 Å². The molecular formula is C24H30Na4O25. The molecule has 25 nitrogen and oxygen atoms in total. The van der Waals surface area contributed by atoms with E-state index in [4.69, 9.17) is 20.4 Å². The molecule has 0 rings (SSSR count). The Morgan fingerprint density at radius 2 is 0.528 bits per heavy atom. The third kappa shape index (κ3) is 19.2. The molecule has 280 valence electrons. The molecule has 53 heavy (non-hydrogen) atoms. The third-order valence-electron chi connectivity index (χ3n) is 5.98. The van der Waals surface area contributed by atoms with Crippen LogP contribution < -0.4 is 0 Å². The Morgan fingerprint density at radius 3 is 0.717 bits per heavy atom. The van der Waals surface area contributed by atoms with Crippen molar-refractivity contribution in [3.63, 3.8) is 0 Å². The first-order chi connectivity index (χ1) is 22.2. The van der Waals surface area contributed by atoms with Crippen LogP contribution in [-0.2, 0) is 71.7 Å². The van der Waals surface area contributed by atoms with E-state index in [9.17, 15) is 88.2 Å². The third-order valence-corrected chi connectivity index (χ3v) is 5.98. The molecule has 0 aromatic carbocycles. The molecule has 0 bridgehead atoms. The van der Waals surface area contributed by atoms with E-state index in [0.717, 1.165) is 0 Å². The molecule has 0 aromatic rings. The summed E-state index contributed by atoms with van der Waals surface area (Å²) in [6, 6.07) is 0. The summed E-state index contributed by atoms with van der Waals surface area (Å²) in [7, 11) is 0. The summed E-state index contributed by atoms with van der Waals surface area (Å²) in [6.45, 7) is 0. The molecule has 3 atom stereocenters.